The summed E-state index contributed by atoms with van der Waals surface area (Å²) in [4.78, 5) is 12.5. The molecule has 1 aliphatic rings. The number of carbonyl (C=O) groups is 1. The van der Waals surface area contributed by atoms with Crippen LogP contribution < -0.4 is 19.1 Å². The average molecular weight is 447 g/mol. The minimum Gasteiger partial charge on any atom is -0.454 e. The minimum atomic E-state index is -3.51. The van der Waals surface area contributed by atoms with Gasteiger partial charge in [-0.1, -0.05) is 12.1 Å². The normalized spacial score (nSPS) is 13.7. The number of anilines is 1. The maximum absolute atomic E-state index is 12.5. The predicted molar refractivity (Wildman–Crippen MR) is 121 cm³/mol. The Bertz CT molecular complexity index is 1080. The maximum atomic E-state index is 12.5. The number of nitrogens with one attached hydrogen (secondary N) is 1. The lowest BCUT2D eigenvalue weighted by Gasteiger charge is -2.23. The van der Waals surface area contributed by atoms with E-state index in [1.54, 1.807) is 18.2 Å². The topological polar surface area (TPSA) is 84.9 Å². The molecule has 0 radical (unpaired) electrons. The molecule has 1 heterocycles. The van der Waals surface area contributed by atoms with E-state index in [4.69, 9.17) is 9.47 Å². The van der Waals surface area contributed by atoms with Crippen molar-refractivity contribution in [2.75, 3.05) is 23.9 Å². The van der Waals surface area contributed by atoms with Crippen LogP contribution in [0.3, 0.4) is 0 Å². The zero-order valence-electron chi connectivity index (χ0n) is 18.7. The standard InChI is InChI=1S/C23H30N2O5S/c1-15-11-17(3)20(12-16(15)2)18(4)24-23(26)7-6-10-25(31(5,27)28)19-8-9-21-22(13-19)30-14-29-21/h8-9,11-13,18H,6-7,10,14H2,1-5H3,(H,24,26)/t18-/m1/s1. The van der Waals surface area contributed by atoms with Gasteiger partial charge in [0.05, 0.1) is 18.0 Å². The first-order valence-electron chi connectivity index (χ1n) is 10.3. The van der Waals surface area contributed by atoms with Crippen molar-refractivity contribution in [2.45, 2.75) is 46.6 Å². The van der Waals surface area contributed by atoms with Crippen LogP contribution in [-0.2, 0) is 14.8 Å². The Kier molecular flexibility index (Phi) is 6.79. The van der Waals surface area contributed by atoms with Crippen LogP contribution in [0.1, 0.15) is 48.1 Å². The maximum Gasteiger partial charge on any atom is 0.232 e. The van der Waals surface area contributed by atoms with Crippen LogP contribution in [0.25, 0.3) is 0 Å². The second-order valence-electron chi connectivity index (χ2n) is 8.06. The molecule has 0 saturated heterocycles. The lowest BCUT2D eigenvalue weighted by atomic mass is 9.96. The predicted octanol–water partition coefficient (Wildman–Crippen LogP) is 3.76. The number of fused-ring (bicyclic) bond motifs is 1. The molecule has 1 atom stereocenters. The zero-order chi connectivity index (χ0) is 22.8. The van der Waals surface area contributed by atoms with Crippen molar-refractivity contribution >= 4 is 21.6 Å². The molecule has 1 N–H and O–H groups in total. The molecule has 2 aromatic rings. The van der Waals surface area contributed by atoms with E-state index in [-0.39, 0.29) is 31.7 Å². The average Bonchev–Trinajstić information content (AvgIpc) is 3.14. The van der Waals surface area contributed by atoms with Crippen molar-refractivity contribution in [3.63, 3.8) is 0 Å². The summed E-state index contributed by atoms with van der Waals surface area (Å²) in [5.74, 6) is 0.998. The van der Waals surface area contributed by atoms with Crippen molar-refractivity contribution < 1.29 is 22.7 Å². The Morgan fingerprint density at radius 3 is 2.45 bits per heavy atom. The van der Waals surface area contributed by atoms with Gasteiger partial charge in [0.15, 0.2) is 11.5 Å². The van der Waals surface area contributed by atoms with Crippen molar-refractivity contribution in [1.29, 1.82) is 0 Å². The van der Waals surface area contributed by atoms with Crippen LogP contribution in [0.4, 0.5) is 5.69 Å². The number of ether oxygens (including phenoxy) is 2. The van der Waals surface area contributed by atoms with E-state index in [1.807, 2.05) is 13.8 Å². The molecule has 0 bridgehead atoms. The largest absolute Gasteiger partial charge is 0.454 e. The number of hydrogen-bond donors (Lipinski definition) is 1. The monoisotopic (exact) mass is 446 g/mol. The second-order valence-corrected chi connectivity index (χ2v) is 9.97. The first-order valence-corrected chi connectivity index (χ1v) is 12.2. The zero-order valence-corrected chi connectivity index (χ0v) is 19.5. The summed E-state index contributed by atoms with van der Waals surface area (Å²) in [6.07, 6.45) is 1.78. The van der Waals surface area contributed by atoms with Gasteiger partial charge in [0.1, 0.15) is 0 Å². The Morgan fingerprint density at radius 2 is 1.74 bits per heavy atom. The van der Waals surface area contributed by atoms with Crippen LogP contribution in [0.2, 0.25) is 0 Å². The molecule has 0 fully saturated rings. The molecular formula is C23H30N2O5S. The van der Waals surface area contributed by atoms with Gasteiger partial charge in [-0.25, -0.2) is 8.42 Å². The Labute approximate surface area is 184 Å². The van der Waals surface area contributed by atoms with Gasteiger partial charge in [0.2, 0.25) is 22.7 Å². The first-order chi connectivity index (χ1) is 14.6. The molecule has 2 aromatic carbocycles. The molecule has 7 nitrogen and oxygen atoms in total. The van der Waals surface area contributed by atoms with Crippen molar-refractivity contribution in [2.24, 2.45) is 0 Å². The fourth-order valence-corrected chi connectivity index (χ4v) is 4.71. The quantitative estimate of drug-likeness (QED) is 0.667. The summed E-state index contributed by atoms with van der Waals surface area (Å²) >= 11 is 0. The summed E-state index contributed by atoms with van der Waals surface area (Å²) in [6.45, 7) is 8.45. The van der Waals surface area contributed by atoms with Gasteiger partial charge in [-0.15, -0.1) is 0 Å². The smallest absolute Gasteiger partial charge is 0.232 e. The third-order valence-corrected chi connectivity index (χ3v) is 6.73. The fraction of sp³-hybridized carbons (Fsp3) is 0.435. The molecule has 1 amide bonds. The lowest BCUT2D eigenvalue weighted by Crippen LogP contribution is -2.32. The highest BCUT2D eigenvalue weighted by atomic mass is 32.2. The number of sulfonamides is 1. The first kappa shape index (κ1) is 22.9. The molecule has 0 spiro atoms. The van der Waals surface area contributed by atoms with Gasteiger partial charge in [0, 0.05) is 19.0 Å². The van der Waals surface area contributed by atoms with Crippen LogP contribution in [-0.4, -0.2) is 33.9 Å². The molecule has 168 valence electrons. The van der Waals surface area contributed by atoms with Crippen molar-refractivity contribution in [1.82, 2.24) is 5.32 Å². The van der Waals surface area contributed by atoms with Gasteiger partial charge >= 0.3 is 0 Å². The lowest BCUT2D eigenvalue weighted by molar-refractivity contribution is -0.121. The van der Waals surface area contributed by atoms with E-state index in [0.717, 1.165) is 17.4 Å². The van der Waals surface area contributed by atoms with Crippen LogP contribution in [0.5, 0.6) is 11.5 Å². The molecule has 0 unspecified atom stereocenters. The SMILES string of the molecule is Cc1cc(C)c([C@@H](C)NC(=O)CCCN(c2ccc3c(c2)OCO3)S(C)(=O)=O)cc1C. The third-order valence-electron chi connectivity index (χ3n) is 5.54. The molecule has 3 rings (SSSR count). The highest BCUT2D eigenvalue weighted by Crippen LogP contribution is 2.36. The molecule has 8 heteroatoms. The number of carbonyl (C=O) groups excluding carboxylic acids is 1. The van der Waals surface area contributed by atoms with Gasteiger partial charge in [-0.2, -0.15) is 0 Å². The van der Waals surface area contributed by atoms with Crippen LogP contribution in [0, 0.1) is 20.8 Å². The third kappa shape index (κ3) is 5.50. The van der Waals surface area contributed by atoms with Gasteiger partial charge in [-0.3, -0.25) is 9.10 Å². The van der Waals surface area contributed by atoms with E-state index >= 15 is 0 Å². The van der Waals surface area contributed by atoms with E-state index in [9.17, 15) is 13.2 Å². The highest BCUT2D eigenvalue weighted by molar-refractivity contribution is 7.92. The number of aryl methyl sites for hydroxylation is 3. The number of nitrogens with zero attached hydrogens (tertiary/aromatic N) is 1. The van der Waals surface area contributed by atoms with Gasteiger partial charge in [-0.05, 0) is 68.5 Å². The molecule has 0 aliphatic carbocycles. The Hall–Kier alpha value is -2.74. The van der Waals surface area contributed by atoms with Crippen molar-refractivity contribution in [3.05, 3.63) is 52.6 Å². The Morgan fingerprint density at radius 1 is 1.06 bits per heavy atom. The summed E-state index contributed by atoms with van der Waals surface area (Å²) in [7, 11) is -3.51. The summed E-state index contributed by atoms with van der Waals surface area (Å²) < 4.78 is 36.6. The van der Waals surface area contributed by atoms with Crippen LogP contribution >= 0.6 is 0 Å². The molecule has 1 aliphatic heterocycles. The van der Waals surface area contributed by atoms with Gasteiger partial charge in [0.25, 0.3) is 0 Å². The Balaban J connectivity index is 1.60. The van der Waals surface area contributed by atoms with Crippen LogP contribution in [0.15, 0.2) is 30.3 Å². The number of amides is 1. The summed E-state index contributed by atoms with van der Waals surface area (Å²) in [6, 6.07) is 9.14. The van der Waals surface area contributed by atoms with E-state index in [0.29, 0.717) is 23.6 Å². The summed E-state index contributed by atoms with van der Waals surface area (Å²) in [5.41, 5.74) is 5.14. The molecule has 0 saturated carbocycles. The molecule has 0 aromatic heterocycles. The van der Waals surface area contributed by atoms with Gasteiger partial charge < -0.3 is 14.8 Å². The number of benzene rings is 2. The number of hydrogen-bond acceptors (Lipinski definition) is 5. The molecule has 31 heavy (non-hydrogen) atoms. The highest BCUT2D eigenvalue weighted by Gasteiger charge is 2.22. The number of rotatable bonds is 8. The van der Waals surface area contributed by atoms with Crippen molar-refractivity contribution in [3.8, 4) is 11.5 Å². The van der Waals surface area contributed by atoms with E-state index in [1.165, 1.54) is 15.4 Å². The van der Waals surface area contributed by atoms with E-state index in [2.05, 4.69) is 31.3 Å². The second kappa shape index (κ2) is 9.18. The minimum absolute atomic E-state index is 0.107. The fourth-order valence-electron chi connectivity index (χ4n) is 3.75. The van der Waals surface area contributed by atoms with E-state index < -0.39 is 10.0 Å². The molecular weight excluding hydrogens is 416 g/mol. The summed E-state index contributed by atoms with van der Waals surface area (Å²) in [5, 5.41) is 3.03.